The molecule has 0 aromatic carbocycles. The van der Waals surface area contributed by atoms with Gasteiger partial charge in [0.25, 0.3) is 0 Å². The summed E-state index contributed by atoms with van der Waals surface area (Å²) in [6, 6.07) is 0. The third kappa shape index (κ3) is 2.58. The van der Waals surface area contributed by atoms with Gasteiger partial charge in [-0.05, 0) is 32.1 Å². The minimum Gasteiger partial charge on any atom is -0.346 e. The molecule has 1 aromatic rings. The van der Waals surface area contributed by atoms with Crippen LogP contribution in [-0.4, -0.2) is 15.2 Å². The second kappa shape index (κ2) is 5.11. The fourth-order valence-electron chi connectivity index (χ4n) is 2.83. The van der Waals surface area contributed by atoms with Crippen molar-refractivity contribution in [1.82, 2.24) is 9.97 Å². The van der Waals surface area contributed by atoms with E-state index in [1.54, 1.807) is 0 Å². The molecule has 17 heavy (non-hydrogen) atoms. The first-order valence-electron chi connectivity index (χ1n) is 6.55. The maximum absolute atomic E-state index is 5.37. The van der Waals surface area contributed by atoms with Gasteiger partial charge in [-0.25, -0.2) is 4.98 Å². The molecule has 1 fully saturated rings. The lowest BCUT2D eigenvalue weighted by Gasteiger charge is -2.09. The average Bonchev–Trinajstić information content (AvgIpc) is 2.97. The van der Waals surface area contributed by atoms with Gasteiger partial charge in [0, 0.05) is 16.5 Å². The second-order valence-corrected chi connectivity index (χ2v) is 6.69. The molecule has 0 atom stereocenters. The molecular formula is C13H18N2S2. The zero-order valence-electron chi connectivity index (χ0n) is 10.00. The van der Waals surface area contributed by atoms with Crippen LogP contribution in [0.1, 0.15) is 49.2 Å². The lowest BCUT2D eigenvalue weighted by molar-refractivity contribution is 0.886. The fourth-order valence-corrected chi connectivity index (χ4v) is 4.36. The van der Waals surface area contributed by atoms with Crippen molar-refractivity contribution in [2.45, 2.75) is 55.9 Å². The first-order valence-corrected chi connectivity index (χ1v) is 8.01. The van der Waals surface area contributed by atoms with E-state index in [0.717, 1.165) is 34.3 Å². The fraction of sp³-hybridized carbons (Fsp3) is 0.692. The lowest BCUT2D eigenvalue weighted by atomic mass is 10.3. The summed E-state index contributed by atoms with van der Waals surface area (Å²) < 4.78 is 0.846. The van der Waals surface area contributed by atoms with E-state index in [2.05, 4.69) is 21.7 Å². The highest BCUT2D eigenvalue weighted by Gasteiger charge is 2.17. The summed E-state index contributed by atoms with van der Waals surface area (Å²) in [5, 5.41) is 0.854. The number of hydrogen-bond acceptors (Lipinski definition) is 3. The van der Waals surface area contributed by atoms with Crippen LogP contribution in [0.15, 0.2) is 0 Å². The highest BCUT2D eigenvalue weighted by molar-refractivity contribution is 7.99. The van der Waals surface area contributed by atoms with E-state index in [1.807, 2.05) is 0 Å². The molecule has 1 saturated carbocycles. The van der Waals surface area contributed by atoms with Crippen molar-refractivity contribution in [3.05, 3.63) is 21.7 Å². The van der Waals surface area contributed by atoms with Gasteiger partial charge in [0.2, 0.25) is 0 Å². The molecule has 1 heterocycles. The minimum absolute atomic E-state index is 0.846. The third-order valence-corrected chi connectivity index (χ3v) is 5.49. The maximum Gasteiger partial charge on any atom is 0.133 e. The minimum atomic E-state index is 0.846. The molecule has 92 valence electrons. The topological polar surface area (TPSA) is 28.7 Å². The van der Waals surface area contributed by atoms with Gasteiger partial charge in [0.15, 0.2) is 0 Å². The molecule has 0 saturated heterocycles. The normalized spacial score (nSPS) is 19.8. The van der Waals surface area contributed by atoms with Crippen LogP contribution in [0, 0.1) is 4.64 Å². The van der Waals surface area contributed by atoms with Crippen molar-refractivity contribution in [1.29, 1.82) is 0 Å². The molecule has 0 spiro atoms. The Bertz CT molecular complexity index is 461. The number of rotatable bonds is 3. The molecule has 0 aliphatic heterocycles. The predicted octanol–water partition coefficient (Wildman–Crippen LogP) is 3.80. The van der Waals surface area contributed by atoms with E-state index in [1.165, 1.54) is 43.4 Å². The van der Waals surface area contributed by atoms with Crippen LogP contribution in [-0.2, 0) is 18.6 Å². The van der Waals surface area contributed by atoms with E-state index < -0.39 is 0 Å². The molecule has 1 N–H and O–H groups in total. The molecule has 1 aromatic heterocycles. The van der Waals surface area contributed by atoms with Crippen LogP contribution < -0.4 is 0 Å². The van der Waals surface area contributed by atoms with Gasteiger partial charge in [-0.2, -0.15) is 11.8 Å². The summed E-state index contributed by atoms with van der Waals surface area (Å²) in [5.41, 5.74) is 2.65. The van der Waals surface area contributed by atoms with Crippen LogP contribution in [0.2, 0.25) is 0 Å². The molecule has 0 bridgehead atoms. The van der Waals surface area contributed by atoms with Gasteiger partial charge in [-0.15, -0.1) is 0 Å². The smallest absolute Gasteiger partial charge is 0.133 e. The molecule has 3 rings (SSSR count). The highest BCUT2D eigenvalue weighted by atomic mass is 32.2. The van der Waals surface area contributed by atoms with Crippen molar-refractivity contribution < 1.29 is 0 Å². The van der Waals surface area contributed by atoms with Crippen LogP contribution in [0.5, 0.6) is 0 Å². The standard InChI is InChI=1S/C13H18N2S2/c16-13-10-6-3-7-11(10)14-12(15-13)8-17-9-4-1-2-5-9/h9H,1-8H2,(H,14,15,16). The molecule has 2 aliphatic rings. The van der Waals surface area contributed by atoms with Crippen molar-refractivity contribution >= 4 is 24.0 Å². The van der Waals surface area contributed by atoms with Gasteiger partial charge >= 0.3 is 0 Å². The molecule has 4 heteroatoms. The van der Waals surface area contributed by atoms with E-state index >= 15 is 0 Å². The Labute approximate surface area is 112 Å². The molecule has 2 aliphatic carbocycles. The number of nitrogens with zero attached hydrogens (tertiary/aromatic N) is 1. The molecule has 0 radical (unpaired) electrons. The van der Waals surface area contributed by atoms with Gasteiger partial charge in [0.05, 0.1) is 5.75 Å². The Hall–Kier alpha value is -0.350. The van der Waals surface area contributed by atoms with Crippen LogP contribution in [0.3, 0.4) is 0 Å². The quantitative estimate of drug-likeness (QED) is 0.844. The van der Waals surface area contributed by atoms with Gasteiger partial charge < -0.3 is 4.98 Å². The number of fused-ring (bicyclic) bond motifs is 1. The number of aromatic nitrogens is 2. The number of aromatic amines is 1. The number of hydrogen-bond donors (Lipinski definition) is 1. The Morgan fingerprint density at radius 1 is 1.24 bits per heavy atom. The van der Waals surface area contributed by atoms with Crippen LogP contribution in [0.4, 0.5) is 0 Å². The number of nitrogens with one attached hydrogen (secondary N) is 1. The molecular weight excluding hydrogens is 248 g/mol. The summed E-state index contributed by atoms with van der Waals surface area (Å²) in [4.78, 5) is 8.04. The summed E-state index contributed by atoms with van der Waals surface area (Å²) in [5.74, 6) is 2.09. The van der Waals surface area contributed by atoms with Crippen molar-refractivity contribution in [3.8, 4) is 0 Å². The van der Waals surface area contributed by atoms with E-state index in [9.17, 15) is 0 Å². The average molecular weight is 266 g/mol. The Kier molecular flexibility index (Phi) is 3.52. The van der Waals surface area contributed by atoms with Crippen LogP contribution in [0.25, 0.3) is 0 Å². The zero-order valence-corrected chi connectivity index (χ0v) is 11.6. The molecule has 0 unspecified atom stereocenters. The van der Waals surface area contributed by atoms with Crippen LogP contribution >= 0.6 is 24.0 Å². The predicted molar refractivity (Wildman–Crippen MR) is 75.0 cm³/mol. The SMILES string of the molecule is S=c1nc(CSC2CCCC2)[nH]c2c1CCC2. The Morgan fingerprint density at radius 3 is 2.88 bits per heavy atom. The zero-order chi connectivity index (χ0) is 11.7. The molecule has 2 nitrogen and oxygen atoms in total. The van der Waals surface area contributed by atoms with Crippen molar-refractivity contribution in [2.24, 2.45) is 0 Å². The number of thioether (sulfide) groups is 1. The second-order valence-electron chi connectivity index (χ2n) is 5.02. The number of H-pyrrole nitrogens is 1. The van der Waals surface area contributed by atoms with Crippen molar-refractivity contribution in [2.75, 3.05) is 0 Å². The first-order chi connectivity index (χ1) is 8.33. The lowest BCUT2D eigenvalue weighted by Crippen LogP contribution is -2.02. The largest absolute Gasteiger partial charge is 0.346 e. The third-order valence-electron chi connectivity index (χ3n) is 3.77. The van der Waals surface area contributed by atoms with E-state index in [4.69, 9.17) is 12.2 Å². The summed E-state index contributed by atoms with van der Waals surface area (Å²) in [7, 11) is 0. The summed E-state index contributed by atoms with van der Waals surface area (Å²) in [6.45, 7) is 0. The maximum atomic E-state index is 5.37. The summed E-state index contributed by atoms with van der Waals surface area (Å²) >= 11 is 7.43. The Balaban J connectivity index is 1.71. The van der Waals surface area contributed by atoms with Gasteiger partial charge in [-0.1, -0.05) is 25.1 Å². The number of aryl methyl sites for hydroxylation is 1. The van der Waals surface area contributed by atoms with Gasteiger partial charge in [-0.3, -0.25) is 0 Å². The summed E-state index contributed by atoms with van der Waals surface area (Å²) in [6.07, 6.45) is 9.09. The van der Waals surface area contributed by atoms with E-state index in [0.29, 0.717) is 0 Å². The molecule has 0 amide bonds. The highest BCUT2D eigenvalue weighted by Crippen LogP contribution is 2.31. The van der Waals surface area contributed by atoms with Gasteiger partial charge in [0.1, 0.15) is 10.5 Å². The first kappa shape index (κ1) is 11.7. The Morgan fingerprint density at radius 2 is 2.06 bits per heavy atom. The van der Waals surface area contributed by atoms with E-state index in [-0.39, 0.29) is 0 Å². The monoisotopic (exact) mass is 266 g/mol. The van der Waals surface area contributed by atoms with Crippen molar-refractivity contribution in [3.63, 3.8) is 0 Å².